The fourth-order valence-corrected chi connectivity index (χ4v) is 2.97. The van der Waals surface area contributed by atoms with Crippen LogP contribution < -0.4 is 19.9 Å². The number of esters is 1. The van der Waals surface area contributed by atoms with Gasteiger partial charge >= 0.3 is 11.7 Å². The predicted octanol–water partition coefficient (Wildman–Crippen LogP) is 2.01. The molecule has 1 aliphatic heterocycles. The summed E-state index contributed by atoms with van der Waals surface area (Å²) >= 11 is 0. The molecule has 0 aromatic heterocycles. The summed E-state index contributed by atoms with van der Waals surface area (Å²) in [4.78, 5) is 47.7. The summed E-state index contributed by atoms with van der Waals surface area (Å²) in [5, 5.41) is 12.7. The van der Waals surface area contributed by atoms with Crippen LogP contribution in [-0.2, 0) is 19.1 Å². The molecule has 0 saturated carbocycles. The summed E-state index contributed by atoms with van der Waals surface area (Å²) in [5.74, 6) is -2.37. The van der Waals surface area contributed by atoms with E-state index in [-0.39, 0.29) is 22.6 Å². The van der Waals surface area contributed by atoms with Gasteiger partial charge in [0.15, 0.2) is 11.9 Å². The smallest absolute Gasteiger partial charge is 0.346 e. The number of carbonyl (C=O) groups is 3. The van der Waals surface area contributed by atoms with Crippen molar-refractivity contribution in [3.8, 4) is 11.5 Å². The van der Waals surface area contributed by atoms with Gasteiger partial charge in [0.25, 0.3) is 11.8 Å². The molecule has 2 aromatic rings. The first-order valence-corrected chi connectivity index (χ1v) is 9.30. The second-order valence-corrected chi connectivity index (χ2v) is 6.59. The predicted molar refractivity (Wildman–Crippen MR) is 112 cm³/mol. The highest BCUT2D eigenvalue weighted by Crippen LogP contribution is 2.40. The Balaban J connectivity index is 2.01. The Labute approximate surface area is 182 Å². The molecule has 3 rings (SSSR count). The highest BCUT2D eigenvalue weighted by molar-refractivity contribution is 6.31. The lowest BCUT2D eigenvalue weighted by Crippen LogP contribution is -2.35. The zero-order valence-electron chi connectivity index (χ0n) is 17.4. The third-order valence-electron chi connectivity index (χ3n) is 4.52. The lowest BCUT2D eigenvalue weighted by Gasteiger charge is -2.15. The van der Waals surface area contributed by atoms with Crippen molar-refractivity contribution in [1.82, 2.24) is 5.43 Å². The Morgan fingerprint density at radius 1 is 1.19 bits per heavy atom. The van der Waals surface area contributed by atoms with E-state index >= 15 is 0 Å². The Hall–Kier alpha value is -4.41. The first-order valence-electron chi connectivity index (χ1n) is 9.30. The Morgan fingerprint density at radius 3 is 2.47 bits per heavy atom. The van der Waals surface area contributed by atoms with E-state index in [4.69, 9.17) is 9.47 Å². The Bertz CT molecular complexity index is 1110. The number of carbonyl (C=O) groups excluding carboxylic acids is 3. The van der Waals surface area contributed by atoms with Crippen LogP contribution in [0.1, 0.15) is 12.5 Å². The fourth-order valence-electron chi connectivity index (χ4n) is 2.97. The standard InChI is InChI=1S/C21H19N3O8/c1-12(21(27)31-3)32-18-16(24(28)29)10-13(11-17(18)30-2)9-15-19(25)22-23(20(15)26)14-7-5-4-6-8-14/h4-12H,1-3H3,(H,22,25)/b15-9-/t12-/m0/s1. The van der Waals surface area contributed by atoms with E-state index in [0.717, 1.165) is 18.2 Å². The molecule has 1 atom stereocenters. The van der Waals surface area contributed by atoms with E-state index in [9.17, 15) is 24.5 Å². The number of amides is 2. The minimum Gasteiger partial charge on any atom is -0.493 e. The van der Waals surface area contributed by atoms with Gasteiger partial charge in [-0.2, -0.15) is 0 Å². The molecule has 1 aliphatic rings. The fraction of sp³-hybridized carbons (Fsp3) is 0.190. The monoisotopic (exact) mass is 441 g/mol. The molecular weight excluding hydrogens is 422 g/mol. The summed E-state index contributed by atoms with van der Waals surface area (Å²) in [5.41, 5.74) is 2.32. The van der Waals surface area contributed by atoms with Gasteiger partial charge in [-0.25, -0.2) is 9.80 Å². The maximum atomic E-state index is 12.7. The lowest BCUT2D eigenvalue weighted by atomic mass is 10.1. The highest BCUT2D eigenvalue weighted by atomic mass is 16.6. The number of nitrogens with zero attached hydrogens (tertiary/aromatic N) is 2. The zero-order valence-corrected chi connectivity index (χ0v) is 17.4. The largest absolute Gasteiger partial charge is 0.493 e. The van der Waals surface area contributed by atoms with Gasteiger partial charge in [-0.3, -0.25) is 25.1 Å². The SMILES string of the molecule is COC(=O)[C@H](C)Oc1c(OC)cc(/C=C2/C(=O)NN(c3ccccc3)C2=O)cc1[N+](=O)[O-]. The van der Waals surface area contributed by atoms with Gasteiger partial charge in [-0.05, 0) is 36.8 Å². The number of ether oxygens (including phenoxy) is 3. The molecule has 2 amide bonds. The number of benzene rings is 2. The molecule has 0 unspecified atom stereocenters. The summed E-state index contributed by atoms with van der Waals surface area (Å²) in [6.07, 6.45) is 0.0716. The van der Waals surface area contributed by atoms with Gasteiger partial charge in [0.05, 0.1) is 24.8 Å². The van der Waals surface area contributed by atoms with Gasteiger partial charge in [0.2, 0.25) is 5.75 Å². The molecule has 1 N–H and O–H groups in total. The summed E-state index contributed by atoms with van der Waals surface area (Å²) < 4.78 is 15.2. The lowest BCUT2D eigenvalue weighted by molar-refractivity contribution is -0.386. The number of hydrazine groups is 1. The van der Waals surface area contributed by atoms with Crippen molar-refractivity contribution in [2.75, 3.05) is 19.2 Å². The number of methoxy groups -OCH3 is 2. The van der Waals surface area contributed by atoms with Crippen LogP contribution >= 0.6 is 0 Å². The second-order valence-electron chi connectivity index (χ2n) is 6.59. The maximum Gasteiger partial charge on any atom is 0.346 e. The van der Waals surface area contributed by atoms with Gasteiger partial charge < -0.3 is 14.2 Å². The molecule has 0 aliphatic carbocycles. The van der Waals surface area contributed by atoms with Crippen LogP contribution in [0.5, 0.6) is 11.5 Å². The van der Waals surface area contributed by atoms with Crippen molar-refractivity contribution in [3.63, 3.8) is 0 Å². The van der Waals surface area contributed by atoms with Crippen LogP contribution in [0.15, 0.2) is 48.0 Å². The van der Waals surface area contributed by atoms with Crippen LogP contribution in [0, 0.1) is 10.1 Å². The van der Waals surface area contributed by atoms with Crippen LogP contribution in [0.4, 0.5) is 11.4 Å². The Kier molecular flexibility index (Phi) is 6.38. The van der Waals surface area contributed by atoms with Gasteiger partial charge in [0, 0.05) is 6.07 Å². The van der Waals surface area contributed by atoms with E-state index in [2.05, 4.69) is 10.2 Å². The summed E-state index contributed by atoms with van der Waals surface area (Å²) in [6.45, 7) is 1.37. The average molecular weight is 441 g/mol. The highest BCUT2D eigenvalue weighted by Gasteiger charge is 2.35. The molecular formula is C21H19N3O8. The van der Waals surface area contributed by atoms with Crippen LogP contribution in [0.25, 0.3) is 6.08 Å². The number of nitrogens with one attached hydrogen (secondary N) is 1. The van der Waals surface area contributed by atoms with Gasteiger partial charge in [-0.1, -0.05) is 18.2 Å². The van der Waals surface area contributed by atoms with Crippen molar-refractivity contribution in [1.29, 1.82) is 0 Å². The van der Waals surface area contributed by atoms with E-state index in [1.54, 1.807) is 30.3 Å². The number of anilines is 1. The quantitative estimate of drug-likeness (QED) is 0.226. The number of nitro groups is 1. The zero-order chi connectivity index (χ0) is 23.4. The number of hydrogen-bond acceptors (Lipinski definition) is 8. The van der Waals surface area contributed by atoms with E-state index in [0.29, 0.717) is 5.69 Å². The average Bonchev–Trinajstić information content (AvgIpc) is 3.07. The van der Waals surface area contributed by atoms with Crippen molar-refractivity contribution in [3.05, 3.63) is 63.7 Å². The third kappa shape index (κ3) is 4.36. The molecule has 0 spiro atoms. The molecule has 0 radical (unpaired) electrons. The maximum absolute atomic E-state index is 12.7. The second kappa shape index (κ2) is 9.16. The summed E-state index contributed by atoms with van der Waals surface area (Å²) in [7, 11) is 2.42. The molecule has 32 heavy (non-hydrogen) atoms. The van der Waals surface area contributed by atoms with Crippen LogP contribution in [-0.4, -0.2) is 43.0 Å². The molecule has 166 valence electrons. The minimum atomic E-state index is -1.14. The molecule has 11 heteroatoms. The summed E-state index contributed by atoms with van der Waals surface area (Å²) in [6, 6.07) is 10.9. The van der Waals surface area contributed by atoms with Crippen molar-refractivity contribution < 1.29 is 33.5 Å². The molecule has 1 saturated heterocycles. The van der Waals surface area contributed by atoms with Crippen molar-refractivity contribution in [2.45, 2.75) is 13.0 Å². The van der Waals surface area contributed by atoms with E-state index in [1.807, 2.05) is 0 Å². The molecule has 1 heterocycles. The first-order chi connectivity index (χ1) is 15.3. The van der Waals surface area contributed by atoms with E-state index < -0.39 is 34.5 Å². The normalized spacial score (nSPS) is 15.3. The number of rotatable bonds is 7. The number of para-hydroxylation sites is 1. The van der Waals surface area contributed by atoms with Crippen molar-refractivity contribution >= 4 is 35.2 Å². The molecule has 2 aromatic carbocycles. The topological polar surface area (TPSA) is 137 Å². The molecule has 11 nitrogen and oxygen atoms in total. The molecule has 0 bridgehead atoms. The van der Waals surface area contributed by atoms with Crippen LogP contribution in [0.3, 0.4) is 0 Å². The molecule has 1 fully saturated rings. The number of hydrogen-bond donors (Lipinski definition) is 1. The van der Waals surface area contributed by atoms with Gasteiger partial charge in [-0.15, -0.1) is 0 Å². The Morgan fingerprint density at radius 2 is 1.88 bits per heavy atom. The van der Waals surface area contributed by atoms with Gasteiger partial charge in [0.1, 0.15) is 5.57 Å². The number of nitro benzene ring substituents is 1. The first kappa shape index (κ1) is 22.3. The van der Waals surface area contributed by atoms with Crippen molar-refractivity contribution in [2.24, 2.45) is 0 Å². The third-order valence-corrected chi connectivity index (χ3v) is 4.52. The minimum absolute atomic E-state index is 0.0624. The van der Waals surface area contributed by atoms with Crippen LogP contribution in [0.2, 0.25) is 0 Å². The van der Waals surface area contributed by atoms with E-state index in [1.165, 1.54) is 26.2 Å².